The average Bonchev–Trinajstić information content (AvgIpc) is 3.02. The van der Waals surface area contributed by atoms with Gasteiger partial charge in [-0.1, -0.05) is 6.07 Å². The molecule has 2 heterocycles. The zero-order valence-electron chi connectivity index (χ0n) is 12.7. The fourth-order valence-electron chi connectivity index (χ4n) is 2.98. The van der Waals surface area contributed by atoms with Gasteiger partial charge in [0, 0.05) is 31.9 Å². The summed E-state index contributed by atoms with van der Waals surface area (Å²) in [7, 11) is 1.58. The summed E-state index contributed by atoms with van der Waals surface area (Å²) in [6.07, 6.45) is 6.17. The maximum atomic E-state index is 9.12. The van der Waals surface area contributed by atoms with Crippen LogP contribution < -0.4 is 10.1 Å². The number of ether oxygens (including phenoxy) is 1. The molecule has 1 aromatic heterocycles. The van der Waals surface area contributed by atoms with Gasteiger partial charge in [0.15, 0.2) is 0 Å². The fourth-order valence-corrected chi connectivity index (χ4v) is 2.98. The highest BCUT2D eigenvalue weighted by molar-refractivity contribution is 5.45. The molecule has 0 saturated heterocycles. The fraction of sp³-hybridized carbons (Fsp3) is 0.412. The molecule has 1 atom stereocenters. The Balaban J connectivity index is 1.53. The van der Waals surface area contributed by atoms with E-state index in [9.17, 15) is 0 Å². The van der Waals surface area contributed by atoms with E-state index in [2.05, 4.69) is 27.1 Å². The molecular formula is C17H20N4O. The summed E-state index contributed by atoms with van der Waals surface area (Å²) < 4.78 is 7.41. The zero-order chi connectivity index (χ0) is 15.4. The lowest BCUT2D eigenvalue weighted by Crippen LogP contribution is -2.29. The first-order valence-corrected chi connectivity index (χ1v) is 7.58. The van der Waals surface area contributed by atoms with E-state index in [1.165, 1.54) is 12.2 Å². The lowest BCUT2D eigenvalue weighted by molar-refractivity contribution is 0.347. The number of aromatic nitrogens is 2. The Bertz CT molecular complexity index is 686. The molecule has 5 nitrogen and oxygen atoms in total. The number of fused-ring (bicyclic) bond motifs is 1. The molecule has 2 aromatic rings. The summed E-state index contributed by atoms with van der Waals surface area (Å²) >= 11 is 0. The lowest BCUT2D eigenvalue weighted by atomic mass is 9.99. The smallest absolute Gasteiger partial charge is 0.136 e. The summed E-state index contributed by atoms with van der Waals surface area (Å²) in [6, 6.07) is 7.92. The number of imidazole rings is 1. The van der Waals surface area contributed by atoms with Crippen molar-refractivity contribution in [3.05, 3.63) is 47.5 Å². The van der Waals surface area contributed by atoms with Crippen LogP contribution in [0.4, 0.5) is 0 Å². The molecule has 1 N–H and O–H groups in total. The molecule has 0 unspecified atom stereocenters. The highest BCUT2D eigenvalue weighted by Gasteiger charge is 2.18. The minimum absolute atomic E-state index is 0.586. The second-order valence-corrected chi connectivity index (χ2v) is 5.68. The topological polar surface area (TPSA) is 62.9 Å². The van der Waals surface area contributed by atoms with E-state index in [-0.39, 0.29) is 0 Å². The van der Waals surface area contributed by atoms with E-state index >= 15 is 0 Å². The van der Waals surface area contributed by atoms with Crippen LogP contribution in [0.25, 0.3) is 0 Å². The predicted octanol–water partition coefficient (Wildman–Crippen LogP) is 2.12. The number of hydrogen-bond acceptors (Lipinski definition) is 4. The van der Waals surface area contributed by atoms with Gasteiger partial charge >= 0.3 is 0 Å². The molecule has 0 aliphatic carbocycles. The van der Waals surface area contributed by atoms with Crippen LogP contribution >= 0.6 is 0 Å². The summed E-state index contributed by atoms with van der Waals surface area (Å²) in [4.78, 5) is 4.35. The largest absolute Gasteiger partial charge is 0.495 e. The van der Waals surface area contributed by atoms with Gasteiger partial charge < -0.3 is 14.6 Å². The summed E-state index contributed by atoms with van der Waals surface area (Å²) in [5.74, 6) is 2.46. The molecule has 1 aromatic carbocycles. The van der Waals surface area contributed by atoms with E-state index in [0.717, 1.165) is 31.6 Å². The molecule has 1 aliphatic rings. The van der Waals surface area contributed by atoms with Crippen LogP contribution in [0.15, 0.2) is 30.6 Å². The van der Waals surface area contributed by atoms with E-state index in [0.29, 0.717) is 17.2 Å². The van der Waals surface area contributed by atoms with Crippen molar-refractivity contribution in [2.45, 2.75) is 25.9 Å². The molecule has 0 spiro atoms. The molecule has 1 aliphatic heterocycles. The Morgan fingerprint density at radius 2 is 2.41 bits per heavy atom. The van der Waals surface area contributed by atoms with Gasteiger partial charge in [0.2, 0.25) is 0 Å². The first-order valence-electron chi connectivity index (χ1n) is 7.58. The third kappa shape index (κ3) is 3.12. The van der Waals surface area contributed by atoms with Crippen LogP contribution in [-0.4, -0.2) is 23.2 Å². The molecule has 0 fully saturated rings. The third-order valence-corrected chi connectivity index (χ3v) is 4.18. The van der Waals surface area contributed by atoms with Gasteiger partial charge in [-0.25, -0.2) is 4.98 Å². The minimum atomic E-state index is 0.586. The van der Waals surface area contributed by atoms with Crippen LogP contribution in [0.3, 0.4) is 0 Å². The van der Waals surface area contributed by atoms with Crippen molar-refractivity contribution < 1.29 is 4.74 Å². The second-order valence-electron chi connectivity index (χ2n) is 5.68. The summed E-state index contributed by atoms with van der Waals surface area (Å²) in [5.41, 5.74) is 1.69. The molecule has 0 radical (unpaired) electrons. The average molecular weight is 296 g/mol. The molecular weight excluding hydrogens is 276 g/mol. The van der Waals surface area contributed by atoms with Gasteiger partial charge in [-0.3, -0.25) is 0 Å². The highest BCUT2D eigenvalue weighted by Crippen LogP contribution is 2.20. The molecule has 0 saturated carbocycles. The summed E-state index contributed by atoms with van der Waals surface area (Å²) in [5, 5.41) is 12.6. The Morgan fingerprint density at radius 1 is 1.50 bits per heavy atom. The maximum Gasteiger partial charge on any atom is 0.136 e. The molecule has 0 bridgehead atoms. The van der Waals surface area contributed by atoms with Crippen LogP contribution in [0.5, 0.6) is 5.75 Å². The third-order valence-electron chi connectivity index (χ3n) is 4.18. The SMILES string of the molecule is COc1ccc(CNC[C@@H]2CCc3nccn3C2)cc1C#N. The number of methoxy groups -OCH3 is 1. The van der Waals surface area contributed by atoms with Crippen molar-refractivity contribution in [3.8, 4) is 11.8 Å². The Hall–Kier alpha value is -2.32. The van der Waals surface area contributed by atoms with Crippen molar-refractivity contribution in [1.82, 2.24) is 14.9 Å². The van der Waals surface area contributed by atoms with Crippen molar-refractivity contribution in [3.63, 3.8) is 0 Å². The van der Waals surface area contributed by atoms with E-state index in [4.69, 9.17) is 10.00 Å². The molecule has 0 amide bonds. The van der Waals surface area contributed by atoms with Crippen molar-refractivity contribution in [2.24, 2.45) is 5.92 Å². The minimum Gasteiger partial charge on any atom is -0.495 e. The summed E-state index contributed by atoms with van der Waals surface area (Å²) in [6.45, 7) is 2.78. The van der Waals surface area contributed by atoms with Crippen molar-refractivity contribution in [1.29, 1.82) is 5.26 Å². The highest BCUT2D eigenvalue weighted by atomic mass is 16.5. The normalized spacial score (nSPS) is 16.8. The van der Waals surface area contributed by atoms with Gasteiger partial charge in [0.25, 0.3) is 0 Å². The second kappa shape index (κ2) is 6.63. The maximum absolute atomic E-state index is 9.12. The van der Waals surface area contributed by atoms with Crippen molar-refractivity contribution >= 4 is 0 Å². The number of nitrogens with one attached hydrogen (secondary N) is 1. The Morgan fingerprint density at radius 3 is 3.23 bits per heavy atom. The van der Waals surface area contributed by atoms with Crippen LogP contribution in [0.1, 0.15) is 23.4 Å². The van der Waals surface area contributed by atoms with Gasteiger partial charge in [-0.15, -0.1) is 0 Å². The lowest BCUT2D eigenvalue weighted by Gasteiger charge is -2.24. The van der Waals surface area contributed by atoms with Gasteiger partial charge in [-0.2, -0.15) is 5.26 Å². The van der Waals surface area contributed by atoms with Crippen LogP contribution in [0, 0.1) is 17.2 Å². The van der Waals surface area contributed by atoms with Crippen molar-refractivity contribution in [2.75, 3.05) is 13.7 Å². The van der Waals surface area contributed by atoms with E-state index in [1.54, 1.807) is 7.11 Å². The standard InChI is InChI=1S/C17H20N4O/c1-22-16-4-2-13(8-15(16)9-18)10-19-11-14-3-5-17-20-6-7-21(17)12-14/h2,4,6-8,14,19H,3,5,10-12H2,1H3/t14-/m0/s1. The Labute approximate surface area is 130 Å². The van der Waals surface area contributed by atoms with Gasteiger partial charge in [0.05, 0.1) is 12.7 Å². The first kappa shape index (κ1) is 14.6. The predicted molar refractivity (Wildman–Crippen MR) is 83.5 cm³/mol. The number of hydrogen-bond donors (Lipinski definition) is 1. The number of nitriles is 1. The quantitative estimate of drug-likeness (QED) is 0.918. The van der Waals surface area contributed by atoms with Crippen LogP contribution in [0.2, 0.25) is 0 Å². The number of aryl methyl sites for hydroxylation is 1. The van der Waals surface area contributed by atoms with Crippen LogP contribution in [-0.2, 0) is 19.5 Å². The molecule has 114 valence electrons. The Kier molecular flexibility index (Phi) is 4.40. The number of rotatable bonds is 5. The van der Waals surface area contributed by atoms with Gasteiger partial charge in [-0.05, 0) is 36.6 Å². The number of benzene rings is 1. The zero-order valence-corrected chi connectivity index (χ0v) is 12.7. The van der Waals surface area contributed by atoms with E-state index in [1.807, 2.05) is 24.4 Å². The molecule has 3 rings (SSSR count). The first-order chi connectivity index (χ1) is 10.8. The van der Waals surface area contributed by atoms with Gasteiger partial charge in [0.1, 0.15) is 17.6 Å². The monoisotopic (exact) mass is 296 g/mol. The molecule has 22 heavy (non-hydrogen) atoms. The molecule has 5 heteroatoms. The van der Waals surface area contributed by atoms with E-state index < -0.39 is 0 Å². The number of nitrogens with zero attached hydrogens (tertiary/aromatic N) is 3.